The second-order valence-corrected chi connectivity index (χ2v) is 4.51. The second-order valence-electron chi connectivity index (χ2n) is 4.08. The largest absolute Gasteiger partial charge is 0.377 e. The molecule has 0 aliphatic heterocycles. The lowest BCUT2D eigenvalue weighted by Gasteiger charge is -2.40. The minimum absolute atomic E-state index is 0.0345. The zero-order valence-electron chi connectivity index (χ0n) is 9.23. The van der Waals surface area contributed by atoms with Gasteiger partial charge in [0.25, 0.3) is 0 Å². The molecule has 2 rings (SSSR count). The molecule has 1 aliphatic rings. The van der Waals surface area contributed by atoms with Gasteiger partial charge in [0.05, 0.1) is 18.8 Å². The van der Waals surface area contributed by atoms with Gasteiger partial charge in [-0.15, -0.1) is 0 Å². The van der Waals surface area contributed by atoms with Crippen LogP contribution in [0.3, 0.4) is 0 Å². The molecule has 0 aromatic heterocycles. The summed E-state index contributed by atoms with van der Waals surface area (Å²) in [5.41, 5.74) is 6.90. The molecule has 3 nitrogen and oxygen atoms in total. The Labute approximate surface area is 100 Å². The van der Waals surface area contributed by atoms with Crippen molar-refractivity contribution in [1.29, 1.82) is 0 Å². The fourth-order valence-corrected chi connectivity index (χ4v) is 2.02. The minimum atomic E-state index is 0.0345. The number of nitrogens with two attached hydrogens (primary N) is 1. The summed E-state index contributed by atoms with van der Waals surface area (Å²) >= 11 is 5.80. The Hall–Kier alpha value is -0.610. The van der Waals surface area contributed by atoms with E-state index in [4.69, 9.17) is 26.8 Å². The number of halogens is 1. The first-order chi connectivity index (χ1) is 7.70. The third-order valence-corrected chi connectivity index (χ3v) is 3.19. The van der Waals surface area contributed by atoms with E-state index >= 15 is 0 Å². The fraction of sp³-hybridized carbons (Fsp3) is 0.500. The third kappa shape index (κ3) is 2.55. The number of methoxy groups -OCH3 is 1. The molecule has 1 aromatic rings. The Morgan fingerprint density at radius 2 is 2.06 bits per heavy atom. The Kier molecular flexibility index (Phi) is 3.82. The van der Waals surface area contributed by atoms with Crippen LogP contribution >= 0.6 is 11.6 Å². The molecule has 3 unspecified atom stereocenters. The van der Waals surface area contributed by atoms with Crippen molar-refractivity contribution < 1.29 is 9.47 Å². The number of rotatable bonds is 4. The van der Waals surface area contributed by atoms with Gasteiger partial charge in [0, 0.05) is 18.2 Å². The molecule has 0 radical (unpaired) electrons. The number of hydrogen-bond acceptors (Lipinski definition) is 3. The standard InChI is InChI=1S/C12H16ClNO2/c1-15-12-10(14)6-11(12)16-7-8-2-4-9(13)5-3-8/h2-5,10-12H,6-7,14H2,1H3. The number of benzene rings is 1. The highest BCUT2D eigenvalue weighted by atomic mass is 35.5. The molecular formula is C12H16ClNO2. The van der Waals surface area contributed by atoms with Gasteiger partial charge in [-0.1, -0.05) is 23.7 Å². The van der Waals surface area contributed by atoms with E-state index in [0.717, 1.165) is 17.0 Å². The average molecular weight is 242 g/mol. The van der Waals surface area contributed by atoms with E-state index in [1.165, 1.54) is 0 Å². The van der Waals surface area contributed by atoms with Gasteiger partial charge in [-0.25, -0.2) is 0 Å². The van der Waals surface area contributed by atoms with Crippen molar-refractivity contribution in [2.45, 2.75) is 31.3 Å². The predicted molar refractivity (Wildman–Crippen MR) is 63.4 cm³/mol. The van der Waals surface area contributed by atoms with Gasteiger partial charge in [0.2, 0.25) is 0 Å². The van der Waals surface area contributed by atoms with Crippen molar-refractivity contribution in [2.75, 3.05) is 7.11 Å². The summed E-state index contributed by atoms with van der Waals surface area (Å²) in [5, 5.41) is 0.740. The highest BCUT2D eigenvalue weighted by Crippen LogP contribution is 2.26. The predicted octanol–water partition coefficient (Wildman–Crippen LogP) is 1.97. The molecule has 1 saturated carbocycles. The molecule has 2 N–H and O–H groups in total. The SMILES string of the molecule is COC1C(N)CC1OCc1ccc(Cl)cc1. The summed E-state index contributed by atoms with van der Waals surface area (Å²) in [6.07, 6.45) is 1.02. The van der Waals surface area contributed by atoms with E-state index < -0.39 is 0 Å². The molecular weight excluding hydrogens is 226 g/mol. The normalized spacial score (nSPS) is 28.8. The molecule has 1 aliphatic carbocycles. The quantitative estimate of drug-likeness (QED) is 0.877. The summed E-state index contributed by atoms with van der Waals surface area (Å²) in [7, 11) is 1.67. The highest BCUT2D eigenvalue weighted by molar-refractivity contribution is 6.30. The van der Waals surface area contributed by atoms with Gasteiger partial charge >= 0.3 is 0 Å². The van der Waals surface area contributed by atoms with E-state index in [2.05, 4.69) is 0 Å². The molecule has 0 spiro atoms. The molecule has 4 heteroatoms. The fourth-order valence-electron chi connectivity index (χ4n) is 1.89. The summed E-state index contributed by atoms with van der Waals surface area (Å²) in [4.78, 5) is 0. The van der Waals surface area contributed by atoms with Crippen molar-refractivity contribution in [3.05, 3.63) is 34.9 Å². The lowest BCUT2D eigenvalue weighted by atomic mass is 9.86. The van der Waals surface area contributed by atoms with E-state index in [9.17, 15) is 0 Å². The number of hydrogen-bond donors (Lipinski definition) is 1. The smallest absolute Gasteiger partial charge is 0.0984 e. The molecule has 0 amide bonds. The van der Waals surface area contributed by atoms with Crippen LogP contribution in [0, 0.1) is 0 Å². The van der Waals surface area contributed by atoms with E-state index in [-0.39, 0.29) is 18.2 Å². The summed E-state index contributed by atoms with van der Waals surface area (Å²) < 4.78 is 11.0. The van der Waals surface area contributed by atoms with Crippen LogP contribution in [-0.2, 0) is 16.1 Å². The third-order valence-electron chi connectivity index (χ3n) is 2.94. The van der Waals surface area contributed by atoms with Crippen molar-refractivity contribution in [1.82, 2.24) is 0 Å². The maximum atomic E-state index is 5.80. The van der Waals surface area contributed by atoms with Gasteiger partial charge in [-0.05, 0) is 24.1 Å². The van der Waals surface area contributed by atoms with Gasteiger partial charge in [0.15, 0.2) is 0 Å². The minimum Gasteiger partial charge on any atom is -0.377 e. The van der Waals surface area contributed by atoms with Crippen LogP contribution in [0.2, 0.25) is 5.02 Å². The summed E-state index contributed by atoms with van der Waals surface area (Å²) in [6.45, 7) is 0.578. The van der Waals surface area contributed by atoms with E-state index in [0.29, 0.717) is 6.61 Å². The van der Waals surface area contributed by atoms with Crippen LogP contribution in [0.15, 0.2) is 24.3 Å². The Morgan fingerprint density at radius 3 is 2.62 bits per heavy atom. The Balaban J connectivity index is 1.82. The first-order valence-corrected chi connectivity index (χ1v) is 5.73. The van der Waals surface area contributed by atoms with Crippen LogP contribution in [0.5, 0.6) is 0 Å². The second kappa shape index (κ2) is 5.15. The molecule has 0 heterocycles. The average Bonchev–Trinajstić information content (AvgIpc) is 2.26. The summed E-state index contributed by atoms with van der Waals surface area (Å²) in [6, 6.07) is 7.76. The van der Waals surface area contributed by atoms with Crippen molar-refractivity contribution in [3.8, 4) is 0 Å². The molecule has 0 saturated heterocycles. The lowest BCUT2D eigenvalue weighted by molar-refractivity contribution is -0.131. The van der Waals surface area contributed by atoms with Gasteiger partial charge in [0.1, 0.15) is 0 Å². The van der Waals surface area contributed by atoms with E-state index in [1.54, 1.807) is 7.11 Å². The van der Waals surface area contributed by atoms with Crippen LogP contribution in [-0.4, -0.2) is 25.4 Å². The molecule has 16 heavy (non-hydrogen) atoms. The first kappa shape index (κ1) is 11.9. The zero-order chi connectivity index (χ0) is 11.5. The van der Waals surface area contributed by atoms with Crippen LogP contribution < -0.4 is 5.73 Å². The van der Waals surface area contributed by atoms with Crippen molar-refractivity contribution in [2.24, 2.45) is 5.73 Å². The maximum absolute atomic E-state index is 5.80. The van der Waals surface area contributed by atoms with Crippen LogP contribution in [0.1, 0.15) is 12.0 Å². The van der Waals surface area contributed by atoms with Gasteiger partial charge in [-0.3, -0.25) is 0 Å². The monoisotopic (exact) mass is 241 g/mol. The molecule has 1 fully saturated rings. The Bertz CT molecular complexity index is 341. The number of ether oxygens (including phenoxy) is 2. The highest BCUT2D eigenvalue weighted by Gasteiger charge is 2.39. The molecule has 88 valence electrons. The Morgan fingerprint density at radius 1 is 1.38 bits per heavy atom. The summed E-state index contributed by atoms with van der Waals surface area (Å²) in [5.74, 6) is 0. The molecule has 3 atom stereocenters. The van der Waals surface area contributed by atoms with E-state index in [1.807, 2.05) is 24.3 Å². The van der Waals surface area contributed by atoms with Crippen LogP contribution in [0.25, 0.3) is 0 Å². The zero-order valence-corrected chi connectivity index (χ0v) is 9.98. The van der Waals surface area contributed by atoms with Gasteiger partial charge in [-0.2, -0.15) is 0 Å². The topological polar surface area (TPSA) is 44.5 Å². The van der Waals surface area contributed by atoms with Gasteiger partial charge < -0.3 is 15.2 Å². The first-order valence-electron chi connectivity index (χ1n) is 5.35. The van der Waals surface area contributed by atoms with Crippen molar-refractivity contribution in [3.63, 3.8) is 0 Å². The maximum Gasteiger partial charge on any atom is 0.0984 e. The van der Waals surface area contributed by atoms with Crippen LogP contribution in [0.4, 0.5) is 0 Å². The van der Waals surface area contributed by atoms with Crippen molar-refractivity contribution >= 4 is 11.6 Å². The molecule has 0 bridgehead atoms. The lowest BCUT2D eigenvalue weighted by Crippen LogP contribution is -2.57. The molecule has 1 aromatic carbocycles.